The lowest BCUT2D eigenvalue weighted by atomic mass is 10.2. The Morgan fingerprint density at radius 2 is 2.04 bits per heavy atom. The number of hydrogen-bond acceptors (Lipinski definition) is 4. The fraction of sp³-hybridized carbons (Fsp3) is 0.278. The molecule has 0 unspecified atom stereocenters. The van der Waals surface area contributed by atoms with E-state index in [-0.39, 0.29) is 6.03 Å². The number of benzene rings is 1. The van der Waals surface area contributed by atoms with Crippen LogP contribution >= 0.6 is 0 Å². The number of nitrogens with zero attached hydrogens (tertiary/aromatic N) is 4. The van der Waals surface area contributed by atoms with Crippen LogP contribution in [-0.4, -0.2) is 39.6 Å². The van der Waals surface area contributed by atoms with Crippen molar-refractivity contribution in [2.24, 2.45) is 7.05 Å². The number of imidazole rings is 1. The van der Waals surface area contributed by atoms with Crippen molar-refractivity contribution in [3.05, 3.63) is 54.1 Å². The van der Waals surface area contributed by atoms with E-state index in [2.05, 4.69) is 25.5 Å². The van der Waals surface area contributed by atoms with E-state index in [1.54, 1.807) is 18.7 Å². The molecule has 0 saturated heterocycles. The Morgan fingerprint density at radius 1 is 1.20 bits per heavy atom. The van der Waals surface area contributed by atoms with E-state index in [1.165, 1.54) is 0 Å². The summed E-state index contributed by atoms with van der Waals surface area (Å²) in [5, 5.41) is 5.67. The van der Waals surface area contributed by atoms with Gasteiger partial charge in [0.05, 0.1) is 29.2 Å². The van der Waals surface area contributed by atoms with Crippen molar-refractivity contribution in [2.75, 3.05) is 19.4 Å². The molecule has 2 N–H and O–H groups in total. The highest BCUT2D eigenvalue weighted by Crippen LogP contribution is 2.14. The molecule has 2 amide bonds. The number of nitrogens with one attached hydrogen (secondary N) is 2. The predicted octanol–water partition coefficient (Wildman–Crippen LogP) is 2.35. The van der Waals surface area contributed by atoms with Crippen molar-refractivity contribution < 1.29 is 4.79 Å². The fourth-order valence-corrected chi connectivity index (χ4v) is 2.66. The number of carbonyl (C=O) groups excluding carboxylic acids is 1. The summed E-state index contributed by atoms with van der Waals surface area (Å²) >= 11 is 0. The summed E-state index contributed by atoms with van der Waals surface area (Å²) < 4.78 is 1.97. The van der Waals surface area contributed by atoms with E-state index in [0.29, 0.717) is 12.2 Å². The van der Waals surface area contributed by atoms with Crippen molar-refractivity contribution >= 4 is 22.8 Å². The molecule has 0 aliphatic rings. The molecule has 0 saturated carbocycles. The lowest BCUT2D eigenvalue weighted by Crippen LogP contribution is -2.28. The van der Waals surface area contributed by atoms with Crippen molar-refractivity contribution in [1.82, 2.24) is 24.8 Å². The Morgan fingerprint density at radius 3 is 2.84 bits per heavy atom. The highest BCUT2D eigenvalue weighted by atomic mass is 16.2. The average Bonchev–Trinajstić information content (AvgIpc) is 2.93. The minimum atomic E-state index is -0.259. The molecule has 3 aromatic rings. The number of pyridine rings is 1. The van der Waals surface area contributed by atoms with Gasteiger partial charge in [-0.2, -0.15) is 0 Å². The molecule has 7 nitrogen and oxygen atoms in total. The molecule has 130 valence electrons. The number of hydrogen-bond donors (Lipinski definition) is 2. The first kappa shape index (κ1) is 16.9. The normalized spacial score (nSPS) is 11.0. The van der Waals surface area contributed by atoms with Crippen LogP contribution < -0.4 is 10.6 Å². The van der Waals surface area contributed by atoms with Gasteiger partial charge in [-0.1, -0.05) is 6.07 Å². The van der Waals surface area contributed by atoms with Crippen molar-refractivity contribution in [1.29, 1.82) is 0 Å². The second-order valence-electron chi connectivity index (χ2n) is 6.31. The molecule has 7 heteroatoms. The summed E-state index contributed by atoms with van der Waals surface area (Å²) in [6, 6.07) is 7.64. The van der Waals surface area contributed by atoms with Crippen molar-refractivity contribution in [3.8, 4) is 0 Å². The van der Waals surface area contributed by atoms with Gasteiger partial charge >= 0.3 is 6.03 Å². The minimum Gasteiger partial charge on any atom is -0.334 e. The largest absolute Gasteiger partial charge is 0.334 e. The number of aromatic nitrogens is 3. The first-order chi connectivity index (χ1) is 12.0. The summed E-state index contributed by atoms with van der Waals surface area (Å²) in [5.41, 5.74) is 4.71. The molecule has 0 aliphatic carbocycles. The van der Waals surface area contributed by atoms with Gasteiger partial charge in [-0.15, -0.1) is 0 Å². The van der Waals surface area contributed by atoms with Gasteiger partial charge < -0.3 is 20.1 Å². The third-order valence-corrected chi connectivity index (χ3v) is 3.79. The highest BCUT2D eigenvalue weighted by molar-refractivity contribution is 5.89. The topological polar surface area (TPSA) is 75.1 Å². The van der Waals surface area contributed by atoms with E-state index in [4.69, 9.17) is 0 Å². The monoisotopic (exact) mass is 338 g/mol. The average molecular weight is 338 g/mol. The highest BCUT2D eigenvalue weighted by Gasteiger charge is 2.05. The Kier molecular flexibility index (Phi) is 4.95. The van der Waals surface area contributed by atoms with Crippen LogP contribution in [0.4, 0.5) is 10.5 Å². The third kappa shape index (κ3) is 4.33. The number of anilines is 1. The Bertz CT molecular complexity index is 886. The van der Waals surface area contributed by atoms with E-state index < -0.39 is 0 Å². The van der Waals surface area contributed by atoms with Crippen LogP contribution in [0.5, 0.6) is 0 Å². The molecular formula is C18H22N6O. The van der Waals surface area contributed by atoms with Gasteiger partial charge in [0.2, 0.25) is 0 Å². The Labute approximate surface area is 146 Å². The fourth-order valence-electron chi connectivity index (χ4n) is 2.66. The van der Waals surface area contributed by atoms with E-state index >= 15 is 0 Å². The number of carbonyl (C=O) groups is 1. The predicted molar refractivity (Wildman–Crippen MR) is 98.2 cm³/mol. The molecule has 2 heterocycles. The smallest absolute Gasteiger partial charge is 0.319 e. The van der Waals surface area contributed by atoms with Crippen LogP contribution in [-0.2, 0) is 20.1 Å². The summed E-state index contributed by atoms with van der Waals surface area (Å²) in [5.74, 6) is 0. The summed E-state index contributed by atoms with van der Waals surface area (Å²) in [6.07, 6.45) is 5.21. The molecule has 2 aromatic heterocycles. The standard InChI is InChI=1S/C18H22N6O/c1-23(2)11-14-6-15(10-19-8-14)22-18(25)20-9-13-4-5-17-16(7-13)21-12-24(17)3/h4-8,10,12H,9,11H2,1-3H3,(H2,20,22,25). The molecule has 0 atom stereocenters. The molecule has 0 spiro atoms. The summed E-state index contributed by atoms with van der Waals surface area (Å²) in [7, 11) is 5.94. The molecule has 0 fully saturated rings. The molecular weight excluding hydrogens is 316 g/mol. The van der Waals surface area contributed by atoms with Crippen LogP contribution in [0.2, 0.25) is 0 Å². The van der Waals surface area contributed by atoms with Crippen LogP contribution in [0.1, 0.15) is 11.1 Å². The lowest BCUT2D eigenvalue weighted by Gasteiger charge is -2.11. The maximum Gasteiger partial charge on any atom is 0.319 e. The molecule has 3 rings (SSSR count). The minimum absolute atomic E-state index is 0.259. The number of rotatable bonds is 5. The zero-order chi connectivity index (χ0) is 17.8. The molecule has 0 radical (unpaired) electrons. The van der Waals surface area contributed by atoms with Gasteiger partial charge in [0.1, 0.15) is 0 Å². The molecule has 0 bridgehead atoms. The second-order valence-corrected chi connectivity index (χ2v) is 6.31. The number of aryl methyl sites for hydroxylation is 1. The zero-order valence-corrected chi connectivity index (χ0v) is 14.7. The van der Waals surface area contributed by atoms with Crippen molar-refractivity contribution in [3.63, 3.8) is 0 Å². The quantitative estimate of drug-likeness (QED) is 0.749. The molecule has 0 aliphatic heterocycles. The maximum atomic E-state index is 12.1. The summed E-state index contributed by atoms with van der Waals surface area (Å²) in [6.45, 7) is 1.21. The van der Waals surface area contributed by atoms with E-state index in [1.807, 2.05) is 50.0 Å². The van der Waals surface area contributed by atoms with Gasteiger partial charge in [0.25, 0.3) is 0 Å². The Balaban J connectivity index is 1.58. The van der Waals surface area contributed by atoms with Crippen LogP contribution in [0.3, 0.4) is 0 Å². The van der Waals surface area contributed by atoms with Crippen LogP contribution in [0.15, 0.2) is 43.0 Å². The first-order valence-corrected chi connectivity index (χ1v) is 8.05. The second kappa shape index (κ2) is 7.31. The third-order valence-electron chi connectivity index (χ3n) is 3.79. The Hall–Kier alpha value is -2.93. The zero-order valence-electron chi connectivity index (χ0n) is 14.7. The van der Waals surface area contributed by atoms with Crippen LogP contribution in [0, 0.1) is 0 Å². The SMILES string of the molecule is CN(C)Cc1cncc(NC(=O)NCc2ccc3c(c2)ncn3C)c1. The lowest BCUT2D eigenvalue weighted by molar-refractivity contribution is 0.251. The number of urea groups is 1. The molecule has 1 aromatic carbocycles. The van der Waals surface area contributed by atoms with Crippen molar-refractivity contribution in [2.45, 2.75) is 13.1 Å². The van der Waals surface area contributed by atoms with Gasteiger partial charge in [-0.3, -0.25) is 4.98 Å². The van der Waals surface area contributed by atoms with Gasteiger partial charge in [-0.25, -0.2) is 9.78 Å². The van der Waals surface area contributed by atoms with Gasteiger partial charge in [0, 0.05) is 26.3 Å². The van der Waals surface area contributed by atoms with Gasteiger partial charge in [-0.05, 0) is 43.4 Å². The number of amides is 2. The number of fused-ring (bicyclic) bond motifs is 1. The molecule has 25 heavy (non-hydrogen) atoms. The van der Waals surface area contributed by atoms with Gasteiger partial charge in [0.15, 0.2) is 0 Å². The first-order valence-electron chi connectivity index (χ1n) is 8.05. The van der Waals surface area contributed by atoms with E-state index in [9.17, 15) is 4.79 Å². The van der Waals surface area contributed by atoms with Crippen LogP contribution in [0.25, 0.3) is 11.0 Å². The summed E-state index contributed by atoms with van der Waals surface area (Å²) in [4.78, 5) is 22.7. The van der Waals surface area contributed by atoms with E-state index in [0.717, 1.165) is 28.7 Å². The maximum absolute atomic E-state index is 12.1.